The van der Waals surface area contributed by atoms with Gasteiger partial charge in [0, 0.05) is 6.42 Å². The summed E-state index contributed by atoms with van der Waals surface area (Å²) in [6.07, 6.45) is -0.709. The van der Waals surface area contributed by atoms with Gasteiger partial charge in [0.15, 0.2) is 0 Å². The standard InChI is InChI=1S/C13H19N3O3/c1-8(17)11(14)13(19)16-10(12(15)18)7-9-5-3-2-4-6-9/h2-6,8,10-11,17H,7,14H2,1H3,(H2,15,18)(H,16,19)/t8-,10-,11+/m0/s1. The van der Waals surface area contributed by atoms with Crippen molar-refractivity contribution >= 4 is 11.8 Å². The molecule has 2 amide bonds. The van der Waals surface area contributed by atoms with Gasteiger partial charge in [0.05, 0.1) is 6.10 Å². The van der Waals surface area contributed by atoms with Crippen molar-refractivity contribution in [1.29, 1.82) is 0 Å². The van der Waals surface area contributed by atoms with Gasteiger partial charge in [0.25, 0.3) is 0 Å². The number of hydrogen-bond acceptors (Lipinski definition) is 4. The number of aliphatic hydroxyl groups is 1. The molecule has 0 fully saturated rings. The van der Waals surface area contributed by atoms with E-state index in [2.05, 4.69) is 5.32 Å². The largest absolute Gasteiger partial charge is 0.391 e. The number of nitrogens with two attached hydrogens (primary N) is 2. The Balaban J connectivity index is 2.69. The Morgan fingerprint density at radius 1 is 1.32 bits per heavy atom. The van der Waals surface area contributed by atoms with Crippen LogP contribution in [0.2, 0.25) is 0 Å². The van der Waals surface area contributed by atoms with Crippen molar-refractivity contribution in [3.63, 3.8) is 0 Å². The molecular formula is C13H19N3O3. The fourth-order valence-electron chi connectivity index (χ4n) is 1.56. The first-order chi connectivity index (χ1) is 8.91. The Labute approximate surface area is 111 Å². The first kappa shape index (κ1) is 15.1. The van der Waals surface area contributed by atoms with E-state index in [1.165, 1.54) is 6.92 Å². The van der Waals surface area contributed by atoms with E-state index in [9.17, 15) is 14.7 Å². The van der Waals surface area contributed by atoms with E-state index < -0.39 is 30.0 Å². The highest BCUT2D eigenvalue weighted by molar-refractivity contribution is 5.89. The second-order valence-electron chi connectivity index (χ2n) is 4.42. The maximum atomic E-state index is 11.7. The van der Waals surface area contributed by atoms with Crippen LogP contribution >= 0.6 is 0 Å². The van der Waals surface area contributed by atoms with Crippen molar-refractivity contribution in [2.45, 2.75) is 31.5 Å². The molecule has 0 aliphatic carbocycles. The van der Waals surface area contributed by atoms with Gasteiger partial charge in [-0.2, -0.15) is 0 Å². The van der Waals surface area contributed by atoms with E-state index in [0.717, 1.165) is 5.56 Å². The fraction of sp³-hybridized carbons (Fsp3) is 0.385. The Morgan fingerprint density at radius 2 is 1.89 bits per heavy atom. The summed E-state index contributed by atoms with van der Waals surface area (Å²) in [5, 5.41) is 11.7. The molecule has 6 heteroatoms. The smallest absolute Gasteiger partial charge is 0.240 e. The number of primary amides is 1. The molecule has 104 valence electrons. The minimum Gasteiger partial charge on any atom is -0.391 e. The molecule has 0 bridgehead atoms. The van der Waals surface area contributed by atoms with Crippen LogP contribution in [0.4, 0.5) is 0 Å². The zero-order chi connectivity index (χ0) is 14.4. The van der Waals surface area contributed by atoms with Gasteiger partial charge in [-0.1, -0.05) is 30.3 Å². The van der Waals surface area contributed by atoms with Crippen LogP contribution < -0.4 is 16.8 Å². The van der Waals surface area contributed by atoms with Gasteiger partial charge in [-0.15, -0.1) is 0 Å². The molecule has 1 rings (SSSR count). The van der Waals surface area contributed by atoms with Crippen molar-refractivity contribution < 1.29 is 14.7 Å². The van der Waals surface area contributed by atoms with E-state index >= 15 is 0 Å². The maximum Gasteiger partial charge on any atom is 0.240 e. The number of amides is 2. The molecule has 0 heterocycles. The number of aliphatic hydroxyl groups excluding tert-OH is 1. The van der Waals surface area contributed by atoms with E-state index in [1.54, 1.807) is 0 Å². The molecule has 0 saturated heterocycles. The summed E-state index contributed by atoms with van der Waals surface area (Å²) >= 11 is 0. The topological polar surface area (TPSA) is 118 Å². The van der Waals surface area contributed by atoms with Crippen molar-refractivity contribution in [2.75, 3.05) is 0 Å². The highest BCUT2D eigenvalue weighted by Gasteiger charge is 2.24. The first-order valence-corrected chi connectivity index (χ1v) is 5.99. The third-order valence-corrected chi connectivity index (χ3v) is 2.77. The molecule has 0 aliphatic heterocycles. The minimum absolute atomic E-state index is 0.286. The maximum absolute atomic E-state index is 11.7. The predicted molar refractivity (Wildman–Crippen MR) is 70.9 cm³/mol. The lowest BCUT2D eigenvalue weighted by Crippen LogP contribution is -2.54. The van der Waals surface area contributed by atoms with Gasteiger partial charge in [0.1, 0.15) is 12.1 Å². The molecule has 0 radical (unpaired) electrons. The number of nitrogens with one attached hydrogen (secondary N) is 1. The highest BCUT2D eigenvalue weighted by Crippen LogP contribution is 2.03. The van der Waals surface area contributed by atoms with E-state index in [0.29, 0.717) is 0 Å². The van der Waals surface area contributed by atoms with Gasteiger partial charge in [-0.3, -0.25) is 9.59 Å². The number of rotatable bonds is 6. The predicted octanol–water partition coefficient (Wildman–Crippen LogP) is -1.09. The minimum atomic E-state index is -1.09. The van der Waals surface area contributed by atoms with Gasteiger partial charge < -0.3 is 21.9 Å². The van der Waals surface area contributed by atoms with Crippen LogP contribution in [0.15, 0.2) is 30.3 Å². The van der Waals surface area contributed by atoms with Crippen molar-refractivity contribution in [3.8, 4) is 0 Å². The number of carbonyl (C=O) groups is 2. The highest BCUT2D eigenvalue weighted by atomic mass is 16.3. The molecule has 1 aromatic carbocycles. The Morgan fingerprint density at radius 3 is 2.37 bits per heavy atom. The monoisotopic (exact) mass is 265 g/mol. The fourth-order valence-corrected chi connectivity index (χ4v) is 1.56. The van der Waals surface area contributed by atoms with Crippen molar-refractivity contribution in [2.24, 2.45) is 11.5 Å². The third kappa shape index (κ3) is 4.69. The summed E-state index contributed by atoms with van der Waals surface area (Å²) < 4.78 is 0. The molecule has 0 saturated carbocycles. The summed E-state index contributed by atoms with van der Waals surface area (Å²) in [6.45, 7) is 1.40. The molecule has 1 aromatic rings. The van der Waals surface area contributed by atoms with E-state index in [4.69, 9.17) is 11.5 Å². The average molecular weight is 265 g/mol. The summed E-state index contributed by atoms with van der Waals surface area (Å²) in [5.74, 6) is -1.25. The summed E-state index contributed by atoms with van der Waals surface area (Å²) in [4.78, 5) is 23.0. The normalized spacial score (nSPS) is 15.3. The van der Waals surface area contributed by atoms with E-state index in [-0.39, 0.29) is 6.42 Å². The van der Waals surface area contributed by atoms with Gasteiger partial charge in [-0.05, 0) is 12.5 Å². The second-order valence-corrected chi connectivity index (χ2v) is 4.42. The summed E-state index contributed by atoms with van der Waals surface area (Å²) in [6, 6.07) is 7.24. The molecular weight excluding hydrogens is 246 g/mol. The lowest BCUT2D eigenvalue weighted by atomic mass is 10.0. The summed E-state index contributed by atoms with van der Waals surface area (Å²) in [5.41, 5.74) is 11.6. The molecule has 6 nitrogen and oxygen atoms in total. The number of carbonyl (C=O) groups excluding carboxylic acids is 2. The van der Waals surface area contributed by atoms with Crippen LogP contribution in [0, 0.1) is 0 Å². The number of hydrogen-bond donors (Lipinski definition) is 4. The Kier molecular flexibility index (Phi) is 5.47. The molecule has 0 unspecified atom stereocenters. The van der Waals surface area contributed by atoms with Gasteiger partial charge in [0.2, 0.25) is 11.8 Å². The quantitative estimate of drug-likeness (QED) is 0.522. The van der Waals surface area contributed by atoms with Crippen molar-refractivity contribution in [1.82, 2.24) is 5.32 Å². The average Bonchev–Trinajstić information content (AvgIpc) is 2.37. The van der Waals surface area contributed by atoms with Crippen LogP contribution in [0.5, 0.6) is 0 Å². The molecule has 6 N–H and O–H groups in total. The summed E-state index contributed by atoms with van der Waals surface area (Å²) in [7, 11) is 0. The SMILES string of the molecule is C[C@H](O)[C@@H](N)C(=O)N[C@@H](Cc1ccccc1)C(N)=O. The van der Waals surface area contributed by atoms with Crippen LogP contribution in [0.1, 0.15) is 12.5 Å². The molecule has 0 aliphatic rings. The van der Waals surface area contributed by atoms with E-state index in [1.807, 2.05) is 30.3 Å². The molecule has 0 aromatic heterocycles. The zero-order valence-electron chi connectivity index (χ0n) is 10.7. The molecule has 3 atom stereocenters. The van der Waals surface area contributed by atoms with Crippen LogP contribution in [-0.4, -0.2) is 35.1 Å². The Bertz CT molecular complexity index is 434. The Hall–Kier alpha value is -1.92. The molecule has 19 heavy (non-hydrogen) atoms. The van der Waals surface area contributed by atoms with Gasteiger partial charge in [-0.25, -0.2) is 0 Å². The van der Waals surface area contributed by atoms with Crippen molar-refractivity contribution in [3.05, 3.63) is 35.9 Å². The second kappa shape index (κ2) is 6.86. The zero-order valence-corrected chi connectivity index (χ0v) is 10.7. The first-order valence-electron chi connectivity index (χ1n) is 5.99. The lowest BCUT2D eigenvalue weighted by Gasteiger charge is -2.20. The molecule has 0 spiro atoms. The van der Waals surface area contributed by atoms with Crippen LogP contribution in [0.3, 0.4) is 0 Å². The van der Waals surface area contributed by atoms with Gasteiger partial charge >= 0.3 is 0 Å². The number of benzene rings is 1. The van der Waals surface area contributed by atoms with Crippen LogP contribution in [-0.2, 0) is 16.0 Å². The third-order valence-electron chi connectivity index (χ3n) is 2.77. The lowest BCUT2D eigenvalue weighted by molar-refractivity contribution is -0.129. The van der Waals surface area contributed by atoms with Crippen LogP contribution in [0.25, 0.3) is 0 Å².